The van der Waals surface area contributed by atoms with E-state index in [2.05, 4.69) is 15.9 Å². The summed E-state index contributed by atoms with van der Waals surface area (Å²) in [5, 5.41) is 0. The van der Waals surface area contributed by atoms with E-state index in [0.717, 1.165) is 4.47 Å². The van der Waals surface area contributed by atoms with E-state index in [-0.39, 0.29) is 18.0 Å². The largest absolute Gasteiger partial charge is 0.496 e. The van der Waals surface area contributed by atoms with Crippen molar-refractivity contribution >= 4 is 21.7 Å². The van der Waals surface area contributed by atoms with Crippen molar-refractivity contribution in [1.82, 2.24) is 0 Å². The zero-order chi connectivity index (χ0) is 13.8. The number of ether oxygens (including phenoxy) is 1. The SMILES string of the molecule is COc1ccccc1C(=O)Cc1cc(Br)ccc1F. The van der Waals surface area contributed by atoms with Crippen molar-refractivity contribution in [2.45, 2.75) is 6.42 Å². The number of rotatable bonds is 4. The Bertz CT molecular complexity index is 611. The Labute approximate surface area is 119 Å². The Kier molecular flexibility index (Phi) is 4.32. The van der Waals surface area contributed by atoms with Crippen LogP contribution >= 0.6 is 15.9 Å². The van der Waals surface area contributed by atoms with Crippen LogP contribution in [0.25, 0.3) is 0 Å². The number of carbonyl (C=O) groups excluding carboxylic acids is 1. The minimum absolute atomic E-state index is 0.00560. The van der Waals surface area contributed by atoms with Crippen molar-refractivity contribution in [2.75, 3.05) is 7.11 Å². The average Bonchev–Trinajstić information content (AvgIpc) is 2.42. The number of halogens is 2. The Morgan fingerprint density at radius 3 is 2.74 bits per heavy atom. The quantitative estimate of drug-likeness (QED) is 0.795. The molecule has 98 valence electrons. The van der Waals surface area contributed by atoms with Crippen LogP contribution < -0.4 is 4.74 Å². The second kappa shape index (κ2) is 5.97. The van der Waals surface area contributed by atoms with Gasteiger partial charge in [0.25, 0.3) is 0 Å². The van der Waals surface area contributed by atoms with E-state index >= 15 is 0 Å². The van der Waals surface area contributed by atoms with Gasteiger partial charge in [0.05, 0.1) is 12.7 Å². The van der Waals surface area contributed by atoms with Crippen LogP contribution in [0.3, 0.4) is 0 Å². The first-order valence-electron chi connectivity index (χ1n) is 5.72. The third kappa shape index (κ3) is 3.20. The lowest BCUT2D eigenvalue weighted by Crippen LogP contribution is -2.07. The summed E-state index contributed by atoms with van der Waals surface area (Å²) in [6.07, 6.45) is 0.00560. The summed E-state index contributed by atoms with van der Waals surface area (Å²) in [5.74, 6) is -0.0520. The normalized spacial score (nSPS) is 10.3. The summed E-state index contributed by atoms with van der Waals surface area (Å²) in [6, 6.07) is 11.5. The summed E-state index contributed by atoms with van der Waals surface area (Å²) in [7, 11) is 1.51. The lowest BCUT2D eigenvalue weighted by atomic mass is 10.0. The van der Waals surface area contributed by atoms with Crippen molar-refractivity contribution in [3.8, 4) is 5.75 Å². The van der Waals surface area contributed by atoms with Gasteiger partial charge in [-0.25, -0.2) is 4.39 Å². The highest BCUT2D eigenvalue weighted by atomic mass is 79.9. The molecule has 4 heteroatoms. The van der Waals surface area contributed by atoms with E-state index in [1.54, 1.807) is 36.4 Å². The lowest BCUT2D eigenvalue weighted by molar-refractivity contribution is 0.0989. The molecule has 0 aliphatic heterocycles. The van der Waals surface area contributed by atoms with E-state index < -0.39 is 0 Å². The maximum atomic E-state index is 13.6. The Morgan fingerprint density at radius 2 is 2.00 bits per heavy atom. The molecule has 19 heavy (non-hydrogen) atoms. The molecule has 0 atom stereocenters. The molecule has 0 radical (unpaired) electrons. The summed E-state index contributed by atoms with van der Waals surface area (Å²) < 4.78 is 19.5. The molecule has 0 N–H and O–H groups in total. The van der Waals surface area contributed by atoms with Crippen molar-refractivity contribution in [1.29, 1.82) is 0 Å². The number of methoxy groups -OCH3 is 1. The number of para-hydroxylation sites is 1. The number of ketones is 1. The van der Waals surface area contributed by atoms with E-state index in [4.69, 9.17) is 4.74 Å². The molecule has 2 rings (SSSR count). The zero-order valence-corrected chi connectivity index (χ0v) is 11.9. The highest BCUT2D eigenvalue weighted by Crippen LogP contribution is 2.22. The van der Waals surface area contributed by atoms with Gasteiger partial charge >= 0.3 is 0 Å². The van der Waals surface area contributed by atoms with Gasteiger partial charge in [0, 0.05) is 10.9 Å². The van der Waals surface area contributed by atoms with Crippen molar-refractivity contribution in [3.63, 3.8) is 0 Å². The minimum Gasteiger partial charge on any atom is -0.496 e. The van der Waals surface area contributed by atoms with Gasteiger partial charge in [-0.15, -0.1) is 0 Å². The summed E-state index contributed by atoms with van der Waals surface area (Å²) in [5.41, 5.74) is 0.828. The second-order valence-corrected chi connectivity index (χ2v) is 4.95. The second-order valence-electron chi connectivity index (χ2n) is 4.04. The van der Waals surface area contributed by atoms with E-state index in [0.29, 0.717) is 16.9 Å². The Hall–Kier alpha value is -1.68. The third-order valence-electron chi connectivity index (χ3n) is 2.77. The molecule has 0 heterocycles. The van der Waals surface area contributed by atoms with Crippen LogP contribution in [-0.4, -0.2) is 12.9 Å². The maximum absolute atomic E-state index is 13.6. The van der Waals surface area contributed by atoms with Gasteiger partial charge < -0.3 is 4.74 Å². The number of hydrogen-bond acceptors (Lipinski definition) is 2. The van der Waals surface area contributed by atoms with Gasteiger partial charge in [-0.05, 0) is 35.9 Å². The van der Waals surface area contributed by atoms with Gasteiger partial charge in [0.15, 0.2) is 5.78 Å². The lowest BCUT2D eigenvalue weighted by Gasteiger charge is -2.08. The smallest absolute Gasteiger partial charge is 0.171 e. The summed E-state index contributed by atoms with van der Waals surface area (Å²) in [6.45, 7) is 0. The molecule has 0 bridgehead atoms. The van der Waals surface area contributed by atoms with Gasteiger partial charge in [-0.3, -0.25) is 4.79 Å². The summed E-state index contributed by atoms with van der Waals surface area (Å²) >= 11 is 3.27. The number of Topliss-reactive ketones (excluding diaryl/α,β-unsaturated/α-hetero) is 1. The highest BCUT2D eigenvalue weighted by molar-refractivity contribution is 9.10. The molecule has 0 aliphatic carbocycles. The fourth-order valence-corrected chi connectivity index (χ4v) is 2.23. The first-order valence-corrected chi connectivity index (χ1v) is 6.51. The molecule has 0 aromatic heterocycles. The average molecular weight is 323 g/mol. The van der Waals surface area contributed by atoms with Crippen molar-refractivity contribution < 1.29 is 13.9 Å². The molecule has 0 unspecified atom stereocenters. The molecular formula is C15H12BrFO2. The maximum Gasteiger partial charge on any atom is 0.171 e. The molecule has 2 aromatic rings. The van der Waals surface area contributed by atoms with Gasteiger partial charge in [-0.2, -0.15) is 0 Å². The Morgan fingerprint density at radius 1 is 1.26 bits per heavy atom. The van der Waals surface area contributed by atoms with Crippen LogP contribution in [-0.2, 0) is 6.42 Å². The number of benzene rings is 2. The first-order chi connectivity index (χ1) is 9.11. The molecule has 0 amide bonds. The minimum atomic E-state index is -0.383. The van der Waals surface area contributed by atoms with E-state index in [9.17, 15) is 9.18 Å². The van der Waals surface area contributed by atoms with Crippen LogP contribution in [0.1, 0.15) is 15.9 Å². The molecule has 0 saturated carbocycles. The molecule has 2 aromatic carbocycles. The van der Waals surface area contributed by atoms with E-state index in [1.165, 1.54) is 13.2 Å². The fourth-order valence-electron chi connectivity index (χ4n) is 1.82. The van der Waals surface area contributed by atoms with Gasteiger partial charge in [0.1, 0.15) is 11.6 Å². The Balaban J connectivity index is 2.28. The van der Waals surface area contributed by atoms with E-state index in [1.807, 2.05) is 0 Å². The zero-order valence-electron chi connectivity index (χ0n) is 10.3. The third-order valence-corrected chi connectivity index (χ3v) is 3.26. The molecule has 0 spiro atoms. The molecule has 0 saturated heterocycles. The first kappa shape index (κ1) is 13.7. The highest BCUT2D eigenvalue weighted by Gasteiger charge is 2.14. The topological polar surface area (TPSA) is 26.3 Å². The van der Waals surface area contributed by atoms with Crippen LogP contribution in [0.2, 0.25) is 0 Å². The van der Waals surface area contributed by atoms with Crippen LogP contribution in [0.5, 0.6) is 5.75 Å². The predicted octanol–water partition coefficient (Wildman–Crippen LogP) is 4.02. The molecule has 2 nitrogen and oxygen atoms in total. The fraction of sp³-hybridized carbons (Fsp3) is 0.133. The van der Waals surface area contributed by atoms with Gasteiger partial charge in [-0.1, -0.05) is 28.1 Å². The number of hydrogen-bond donors (Lipinski definition) is 0. The predicted molar refractivity (Wildman–Crippen MR) is 75.1 cm³/mol. The molecule has 0 fully saturated rings. The summed E-state index contributed by atoms with van der Waals surface area (Å²) in [4.78, 5) is 12.2. The monoisotopic (exact) mass is 322 g/mol. The van der Waals surface area contributed by atoms with Gasteiger partial charge in [0.2, 0.25) is 0 Å². The van der Waals surface area contributed by atoms with Crippen molar-refractivity contribution in [2.24, 2.45) is 0 Å². The van der Waals surface area contributed by atoms with Crippen LogP contribution in [0.15, 0.2) is 46.9 Å². The van der Waals surface area contributed by atoms with Crippen LogP contribution in [0.4, 0.5) is 4.39 Å². The molecular weight excluding hydrogens is 311 g/mol. The molecule has 0 aliphatic rings. The van der Waals surface area contributed by atoms with Crippen LogP contribution in [0, 0.1) is 5.82 Å². The standard InChI is InChI=1S/C15H12BrFO2/c1-19-15-5-3-2-4-12(15)14(18)9-10-8-11(16)6-7-13(10)17/h2-8H,9H2,1H3. The van der Waals surface area contributed by atoms with Crippen molar-refractivity contribution in [3.05, 3.63) is 63.9 Å². The number of carbonyl (C=O) groups is 1.